The van der Waals surface area contributed by atoms with Crippen LogP contribution in [0.3, 0.4) is 0 Å². The van der Waals surface area contributed by atoms with E-state index in [1.165, 1.54) is 17.0 Å². The second-order valence-electron chi connectivity index (χ2n) is 5.91. The normalized spacial score (nSPS) is 19.2. The number of carbonyl (C=O) groups is 1. The van der Waals surface area contributed by atoms with Gasteiger partial charge < -0.3 is 9.84 Å². The molecular formula is C18H15FN2O2S. The molecule has 122 valence electrons. The fraction of sp³-hybridized carbons (Fsp3) is 0.222. The lowest BCUT2D eigenvalue weighted by Crippen LogP contribution is -2.26. The number of amides is 1. The summed E-state index contributed by atoms with van der Waals surface area (Å²) in [4.78, 5) is 13.6. The van der Waals surface area contributed by atoms with Gasteiger partial charge in [0.15, 0.2) is 11.5 Å². The molecule has 6 heteroatoms. The molecule has 0 aliphatic heterocycles. The van der Waals surface area contributed by atoms with Crippen molar-refractivity contribution < 1.29 is 13.7 Å². The van der Waals surface area contributed by atoms with Gasteiger partial charge in [0, 0.05) is 23.1 Å². The maximum absolute atomic E-state index is 12.9. The van der Waals surface area contributed by atoms with Crippen molar-refractivity contribution in [2.75, 3.05) is 6.54 Å². The van der Waals surface area contributed by atoms with Crippen LogP contribution >= 0.6 is 11.3 Å². The molecule has 1 aliphatic carbocycles. The van der Waals surface area contributed by atoms with Crippen LogP contribution in [0, 0.1) is 11.7 Å². The molecule has 2 aromatic heterocycles. The topological polar surface area (TPSA) is 55.1 Å². The highest BCUT2D eigenvalue weighted by molar-refractivity contribution is 7.10. The fourth-order valence-electron chi connectivity index (χ4n) is 2.77. The lowest BCUT2D eigenvalue weighted by atomic mass is 10.1. The first-order valence-electron chi connectivity index (χ1n) is 7.75. The van der Waals surface area contributed by atoms with Crippen LogP contribution in [-0.4, -0.2) is 17.6 Å². The van der Waals surface area contributed by atoms with E-state index >= 15 is 0 Å². The first-order valence-corrected chi connectivity index (χ1v) is 8.63. The average molecular weight is 342 g/mol. The van der Waals surface area contributed by atoms with Crippen molar-refractivity contribution in [3.05, 3.63) is 64.2 Å². The predicted molar refractivity (Wildman–Crippen MR) is 89.4 cm³/mol. The Morgan fingerprint density at radius 1 is 1.33 bits per heavy atom. The monoisotopic (exact) mass is 342 g/mol. The molecule has 24 heavy (non-hydrogen) atoms. The van der Waals surface area contributed by atoms with E-state index in [0.29, 0.717) is 29.7 Å². The highest BCUT2D eigenvalue weighted by Gasteiger charge is 2.39. The van der Waals surface area contributed by atoms with E-state index in [-0.39, 0.29) is 17.4 Å². The van der Waals surface area contributed by atoms with Gasteiger partial charge in [0.05, 0.1) is 0 Å². The quantitative estimate of drug-likeness (QED) is 0.760. The van der Waals surface area contributed by atoms with E-state index in [4.69, 9.17) is 4.52 Å². The van der Waals surface area contributed by atoms with Crippen molar-refractivity contribution in [3.63, 3.8) is 0 Å². The maximum Gasteiger partial charge on any atom is 0.273 e. The van der Waals surface area contributed by atoms with Crippen LogP contribution in [0.2, 0.25) is 0 Å². The molecule has 4 rings (SSSR count). The van der Waals surface area contributed by atoms with E-state index in [1.807, 2.05) is 0 Å². The van der Waals surface area contributed by atoms with Gasteiger partial charge in [0.1, 0.15) is 5.82 Å². The zero-order valence-corrected chi connectivity index (χ0v) is 13.6. The van der Waals surface area contributed by atoms with E-state index in [2.05, 4.69) is 28.0 Å². The molecule has 1 fully saturated rings. The van der Waals surface area contributed by atoms with Crippen LogP contribution in [0.25, 0.3) is 11.3 Å². The van der Waals surface area contributed by atoms with Gasteiger partial charge in [-0.3, -0.25) is 4.79 Å². The van der Waals surface area contributed by atoms with Gasteiger partial charge in [-0.05, 0) is 54.0 Å². The zero-order valence-electron chi connectivity index (χ0n) is 12.7. The third kappa shape index (κ3) is 3.10. The summed E-state index contributed by atoms with van der Waals surface area (Å²) in [7, 11) is 0. The Morgan fingerprint density at radius 3 is 2.92 bits per heavy atom. The number of thiophene rings is 1. The SMILES string of the molecule is O=C(NCC1CC1c1cccs1)c1cc(-c2ccc(F)cc2)on1. The van der Waals surface area contributed by atoms with Crippen molar-refractivity contribution in [3.8, 4) is 11.3 Å². The maximum atomic E-state index is 12.9. The molecule has 4 nitrogen and oxygen atoms in total. The molecule has 2 heterocycles. The number of hydrogen-bond donors (Lipinski definition) is 1. The van der Waals surface area contributed by atoms with E-state index in [1.54, 1.807) is 29.5 Å². The summed E-state index contributed by atoms with van der Waals surface area (Å²) in [5.41, 5.74) is 0.922. The number of nitrogens with one attached hydrogen (secondary N) is 1. The highest BCUT2D eigenvalue weighted by atomic mass is 32.1. The van der Waals surface area contributed by atoms with Gasteiger partial charge in [0.25, 0.3) is 5.91 Å². The molecule has 1 saturated carbocycles. The highest BCUT2D eigenvalue weighted by Crippen LogP contribution is 2.48. The molecular weight excluding hydrogens is 327 g/mol. The van der Waals surface area contributed by atoms with Crippen molar-refractivity contribution in [2.24, 2.45) is 5.92 Å². The van der Waals surface area contributed by atoms with E-state index in [0.717, 1.165) is 6.42 Å². The molecule has 2 unspecified atom stereocenters. The first kappa shape index (κ1) is 15.1. The minimum Gasteiger partial charge on any atom is -0.355 e. The van der Waals surface area contributed by atoms with E-state index in [9.17, 15) is 9.18 Å². The Labute approximate surface area is 142 Å². The largest absolute Gasteiger partial charge is 0.355 e. The van der Waals surface area contributed by atoms with Crippen molar-refractivity contribution in [2.45, 2.75) is 12.3 Å². The third-order valence-corrected chi connectivity index (χ3v) is 5.23. The summed E-state index contributed by atoms with van der Waals surface area (Å²) in [6.07, 6.45) is 1.11. The second kappa shape index (κ2) is 6.20. The van der Waals surface area contributed by atoms with Crippen molar-refractivity contribution in [1.29, 1.82) is 0 Å². The molecule has 1 N–H and O–H groups in total. The van der Waals surface area contributed by atoms with Crippen molar-refractivity contribution in [1.82, 2.24) is 10.5 Å². The van der Waals surface area contributed by atoms with Crippen LogP contribution in [0.4, 0.5) is 4.39 Å². The predicted octanol–water partition coefficient (Wildman–Crippen LogP) is 4.08. The Morgan fingerprint density at radius 2 is 2.17 bits per heavy atom. The van der Waals surface area contributed by atoms with Crippen LogP contribution < -0.4 is 5.32 Å². The van der Waals surface area contributed by atoms with E-state index < -0.39 is 0 Å². The third-order valence-electron chi connectivity index (χ3n) is 4.23. The minimum atomic E-state index is -0.319. The molecule has 0 spiro atoms. The van der Waals surface area contributed by atoms with Crippen LogP contribution in [-0.2, 0) is 0 Å². The second-order valence-corrected chi connectivity index (χ2v) is 6.89. The summed E-state index contributed by atoms with van der Waals surface area (Å²) in [5.74, 6) is 0.946. The summed E-state index contributed by atoms with van der Waals surface area (Å²) in [5, 5.41) is 8.79. The number of nitrogens with zero attached hydrogens (tertiary/aromatic N) is 1. The lowest BCUT2D eigenvalue weighted by Gasteiger charge is -2.01. The van der Waals surface area contributed by atoms with Gasteiger partial charge in [-0.15, -0.1) is 11.3 Å². The molecule has 1 amide bonds. The Balaban J connectivity index is 1.35. The summed E-state index contributed by atoms with van der Waals surface area (Å²) in [6, 6.07) is 11.6. The Kier molecular flexibility index (Phi) is 3.90. The number of halogens is 1. The van der Waals surface area contributed by atoms with Crippen molar-refractivity contribution >= 4 is 17.2 Å². The summed E-state index contributed by atoms with van der Waals surface area (Å²) in [6.45, 7) is 0.639. The summed E-state index contributed by atoms with van der Waals surface area (Å²) < 4.78 is 18.1. The number of aromatic nitrogens is 1. The number of hydrogen-bond acceptors (Lipinski definition) is 4. The smallest absolute Gasteiger partial charge is 0.273 e. The number of benzene rings is 1. The average Bonchev–Trinajstić information content (AvgIpc) is 3.02. The molecule has 1 aromatic carbocycles. The van der Waals surface area contributed by atoms with Gasteiger partial charge in [-0.1, -0.05) is 11.2 Å². The molecule has 3 aromatic rings. The standard InChI is InChI=1S/C18H15FN2O2S/c19-13-5-3-11(4-6-13)16-9-15(21-23-16)18(22)20-10-12-8-14(12)17-2-1-7-24-17/h1-7,9,12,14H,8,10H2,(H,20,22). The van der Waals surface area contributed by atoms with Crippen LogP contribution in [0.5, 0.6) is 0 Å². The Bertz CT molecular complexity index is 842. The van der Waals surface area contributed by atoms with Gasteiger partial charge >= 0.3 is 0 Å². The molecule has 0 bridgehead atoms. The number of rotatable bonds is 5. The molecule has 1 aliphatic rings. The molecule has 2 atom stereocenters. The zero-order chi connectivity index (χ0) is 16.5. The molecule has 0 radical (unpaired) electrons. The van der Waals surface area contributed by atoms with Gasteiger partial charge in [-0.2, -0.15) is 0 Å². The number of carbonyl (C=O) groups excluding carboxylic acids is 1. The van der Waals surface area contributed by atoms with Gasteiger partial charge in [0.2, 0.25) is 0 Å². The van der Waals surface area contributed by atoms with Crippen LogP contribution in [0.1, 0.15) is 27.7 Å². The van der Waals surface area contributed by atoms with Crippen LogP contribution in [0.15, 0.2) is 52.4 Å². The first-order chi connectivity index (χ1) is 11.7. The minimum absolute atomic E-state index is 0.239. The summed E-state index contributed by atoms with van der Waals surface area (Å²) >= 11 is 1.76. The Hall–Kier alpha value is -2.47. The lowest BCUT2D eigenvalue weighted by molar-refractivity contribution is 0.0942. The van der Waals surface area contributed by atoms with Gasteiger partial charge in [-0.25, -0.2) is 4.39 Å². The molecule has 0 saturated heterocycles. The fourth-order valence-corrected chi connectivity index (χ4v) is 3.71.